The zero-order chi connectivity index (χ0) is 25.0. The van der Waals surface area contributed by atoms with Gasteiger partial charge in [0.05, 0.1) is 15.9 Å². The van der Waals surface area contributed by atoms with Crippen molar-refractivity contribution in [3.63, 3.8) is 0 Å². The number of para-hydroxylation sites is 1. The molecule has 0 saturated carbocycles. The first-order valence-electron chi connectivity index (χ1n) is 9.98. The van der Waals surface area contributed by atoms with Gasteiger partial charge in [-0.1, -0.05) is 49.5 Å². The number of aromatic amines is 1. The summed E-state index contributed by atoms with van der Waals surface area (Å²) in [7, 11) is 0. The molecular formula is C23H19F3N4O3S. The van der Waals surface area contributed by atoms with Crippen LogP contribution < -0.4 is 11.3 Å². The Labute approximate surface area is 196 Å². The molecule has 0 radical (unpaired) electrons. The van der Waals surface area contributed by atoms with Gasteiger partial charge in [-0.15, -0.1) is 0 Å². The molecule has 2 heterocycles. The first-order chi connectivity index (χ1) is 16.1. The van der Waals surface area contributed by atoms with Crippen molar-refractivity contribution >= 4 is 34.4 Å². The minimum absolute atomic E-state index is 0.0509. The van der Waals surface area contributed by atoms with Crippen LogP contribution in [0.15, 0.2) is 71.7 Å². The Kier molecular flexibility index (Phi) is 7.16. The molecule has 4 aromatic rings. The maximum absolute atomic E-state index is 13.3. The van der Waals surface area contributed by atoms with Crippen LogP contribution in [0.5, 0.6) is 0 Å². The minimum atomic E-state index is -4.57. The molecule has 0 amide bonds. The molecule has 0 fully saturated rings. The van der Waals surface area contributed by atoms with E-state index < -0.39 is 22.2 Å². The summed E-state index contributed by atoms with van der Waals surface area (Å²) in [4.78, 5) is 25.0. The summed E-state index contributed by atoms with van der Waals surface area (Å²) in [5.41, 5.74) is 4.84. The molecule has 0 bridgehead atoms. The maximum atomic E-state index is 13.3. The van der Waals surface area contributed by atoms with Gasteiger partial charge in [-0.05, 0) is 42.1 Å². The zero-order valence-electron chi connectivity index (χ0n) is 17.8. The summed E-state index contributed by atoms with van der Waals surface area (Å²) in [5, 5.41) is 10.3. The molecule has 7 nitrogen and oxygen atoms in total. The Morgan fingerprint density at radius 3 is 2.32 bits per heavy atom. The minimum Gasteiger partial charge on any atom is -0.393 e. The second-order valence-electron chi connectivity index (χ2n) is 7.10. The van der Waals surface area contributed by atoms with Crippen LogP contribution in [0.1, 0.15) is 18.2 Å². The highest BCUT2D eigenvalue weighted by molar-refractivity contribution is 7.71. The number of pyridine rings is 2. The standard InChI is InChI=1S/C18H14F3NO.C5H5N3O2S/c1-2-13-11-12-7-6-10-15(18(19,20)21)16(12)17(23)22(13)14-8-4-3-5-9-14;6-3-1-2-7-5(11)4(3)8(9)10/h3-11H,2H2,1H3;1-2H,(H3,6,7,11). The lowest BCUT2D eigenvalue weighted by molar-refractivity contribution is -0.384. The molecule has 0 saturated heterocycles. The SMILES string of the molecule is CCc1cc2cccc(C(F)(F)F)c2c(=O)n1-c1ccccc1.Nc1cc[nH]c(=S)c1[N+](=O)[O-]. The van der Waals surface area contributed by atoms with Gasteiger partial charge >= 0.3 is 11.9 Å². The summed E-state index contributed by atoms with van der Waals surface area (Å²) in [5.74, 6) is 0. The molecular weight excluding hydrogens is 469 g/mol. The predicted molar refractivity (Wildman–Crippen MR) is 127 cm³/mol. The lowest BCUT2D eigenvalue weighted by atomic mass is 10.0. The summed E-state index contributed by atoms with van der Waals surface area (Å²) < 4.78 is 41.2. The van der Waals surface area contributed by atoms with Crippen molar-refractivity contribution in [2.45, 2.75) is 19.5 Å². The molecule has 0 aliphatic heterocycles. The van der Waals surface area contributed by atoms with Crippen molar-refractivity contribution in [2.75, 3.05) is 5.73 Å². The predicted octanol–water partition coefficient (Wildman–Crippen LogP) is 5.81. The van der Waals surface area contributed by atoms with Crippen LogP contribution in [-0.2, 0) is 12.6 Å². The fourth-order valence-electron chi connectivity index (χ4n) is 3.45. The van der Waals surface area contributed by atoms with E-state index in [2.05, 4.69) is 17.2 Å². The summed E-state index contributed by atoms with van der Waals surface area (Å²) >= 11 is 4.64. The number of benzene rings is 2. The highest BCUT2D eigenvalue weighted by atomic mass is 32.1. The smallest absolute Gasteiger partial charge is 0.393 e. The van der Waals surface area contributed by atoms with E-state index in [0.717, 1.165) is 6.07 Å². The first-order valence-corrected chi connectivity index (χ1v) is 10.4. The first kappa shape index (κ1) is 24.6. The third-order valence-electron chi connectivity index (χ3n) is 4.95. The van der Waals surface area contributed by atoms with E-state index in [0.29, 0.717) is 23.2 Å². The average molecular weight is 488 g/mol. The number of nitrogens with two attached hydrogens (primary N) is 1. The molecule has 176 valence electrons. The largest absolute Gasteiger partial charge is 0.417 e. The van der Waals surface area contributed by atoms with Crippen LogP contribution in [0.3, 0.4) is 0 Å². The van der Waals surface area contributed by atoms with Gasteiger partial charge in [0, 0.05) is 17.6 Å². The Morgan fingerprint density at radius 1 is 1.12 bits per heavy atom. The van der Waals surface area contributed by atoms with Gasteiger partial charge in [0.15, 0.2) is 4.64 Å². The van der Waals surface area contributed by atoms with Gasteiger partial charge in [-0.25, -0.2) is 0 Å². The van der Waals surface area contributed by atoms with Crippen LogP contribution in [0.25, 0.3) is 16.5 Å². The van der Waals surface area contributed by atoms with Gasteiger partial charge in [0.2, 0.25) is 0 Å². The molecule has 0 atom stereocenters. The molecule has 11 heteroatoms. The normalized spacial score (nSPS) is 11.1. The Bertz CT molecular complexity index is 1460. The number of anilines is 1. The fourth-order valence-corrected chi connectivity index (χ4v) is 3.71. The Balaban J connectivity index is 0.000000248. The van der Waals surface area contributed by atoms with Crippen LogP contribution in [0.4, 0.5) is 24.5 Å². The van der Waals surface area contributed by atoms with E-state index in [1.54, 1.807) is 42.5 Å². The molecule has 2 aromatic carbocycles. The lowest BCUT2D eigenvalue weighted by Gasteiger charge is -2.16. The highest BCUT2D eigenvalue weighted by Gasteiger charge is 2.34. The average Bonchev–Trinajstić information content (AvgIpc) is 2.78. The lowest BCUT2D eigenvalue weighted by Crippen LogP contribution is -2.24. The molecule has 0 unspecified atom stereocenters. The second kappa shape index (κ2) is 9.87. The number of hydrogen-bond acceptors (Lipinski definition) is 5. The molecule has 0 aliphatic carbocycles. The van der Waals surface area contributed by atoms with E-state index >= 15 is 0 Å². The van der Waals surface area contributed by atoms with E-state index in [-0.39, 0.29) is 21.4 Å². The number of hydrogen-bond donors (Lipinski definition) is 2. The van der Waals surface area contributed by atoms with Crippen LogP contribution in [0, 0.1) is 14.8 Å². The highest BCUT2D eigenvalue weighted by Crippen LogP contribution is 2.33. The number of H-pyrrole nitrogens is 1. The van der Waals surface area contributed by atoms with E-state index in [4.69, 9.17) is 5.73 Å². The summed E-state index contributed by atoms with van der Waals surface area (Å²) in [6, 6.07) is 15.6. The van der Waals surface area contributed by atoms with Crippen molar-refractivity contribution in [2.24, 2.45) is 0 Å². The number of aryl methyl sites for hydroxylation is 1. The summed E-state index contributed by atoms with van der Waals surface area (Å²) in [6.07, 6.45) is -2.57. The second-order valence-corrected chi connectivity index (χ2v) is 7.51. The van der Waals surface area contributed by atoms with Crippen molar-refractivity contribution in [3.05, 3.63) is 103 Å². The number of aromatic nitrogens is 2. The maximum Gasteiger partial charge on any atom is 0.417 e. The van der Waals surface area contributed by atoms with Crippen LogP contribution in [-0.4, -0.2) is 14.5 Å². The van der Waals surface area contributed by atoms with E-state index in [1.165, 1.54) is 22.9 Å². The number of nitrogen functional groups attached to an aromatic ring is 1. The molecule has 0 aliphatic rings. The Hall–Kier alpha value is -3.99. The van der Waals surface area contributed by atoms with Crippen molar-refractivity contribution < 1.29 is 18.1 Å². The van der Waals surface area contributed by atoms with E-state index in [1.807, 2.05) is 6.92 Å². The van der Waals surface area contributed by atoms with Gasteiger partial charge in [0.1, 0.15) is 5.69 Å². The molecule has 0 spiro atoms. The molecule has 34 heavy (non-hydrogen) atoms. The van der Waals surface area contributed by atoms with Gasteiger partial charge in [-0.3, -0.25) is 19.5 Å². The number of nitrogens with zero attached hydrogens (tertiary/aromatic N) is 2. The molecule has 4 rings (SSSR count). The zero-order valence-corrected chi connectivity index (χ0v) is 18.6. The summed E-state index contributed by atoms with van der Waals surface area (Å²) in [6.45, 7) is 1.87. The monoisotopic (exact) mass is 488 g/mol. The van der Waals surface area contributed by atoms with Crippen molar-refractivity contribution in [3.8, 4) is 5.69 Å². The number of alkyl halides is 3. The molecule has 2 aromatic heterocycles. The molecule has 3 N–H and O–H groups in total. The topological polar surface area (TPSA) is 107 Å². The fraction of sp³-hybridized carbons (Fsp3) is 0.130. The van der Waals surface area contributed by atoms with Gasteiger partial charge in [0.25, 0.3) is 5.56 Å². The number of halogens is 3. The number of rotatable bonds is 3. The van der Waals surface area contributed by atoms with Gasteiger partial charge in [-0.2, -0.15) is 13.2 Å². The quantitative estimate of drug-likeness (QED) is 0.215. The van der Waals surface area contributed by atoms with Gasteiger partial charge < -0.3 is 10.7 Å². The number of nitro groups is 1. The number of fused-ring (bicyclic) bond motifs is 1. The van der Waals surface area contributed by atoms with E-state index in [9.17, 15) is 28.1 Å². The Morgan fingerprint density at radius 2 is 1.79 bits per heavy atom. The van der Waals surface area contributed by atoms with Crippen molar-refractivity contribution in [1.82, 2.24) is 9.55 Å². The third-order valence-corrected chi connectivity index (χ3v) is 5.26. The van der Waals surface area contributed by atoms with Crippen molar-refractivity contribution in [1.29, 1.82) is 0 Å². The van der Waals surface area contributed by atoms with Crippen LogP contribution >= 0.6 is 12.2 Å². The third kappa shape index (κ3) is 4.99. The van der Waals surface area contributed by atoms with Crippen LogP contribution in [0.2, 0.25) is 0 Å². The number of nitrogens with one attached hydrogen (secondary N) is 1.